The minimum absolute atomic E-state index is 0.0333. The van der Waals surface area contributed by atoms with Gasteiger partial charge in [0.25, 0.3) is 0 Å². The van der Waals surface area contributed by atoms with E-state index in [1.54, 1.807) is 0 Å². The highest BCUT2D eigenvalue weighted by Gasteiger charge is 2.41. The fourth-order valence-corrected chi connectivity index (χ4v) is 4.50. The monoisotopic (exact) mass is 344 g/mol. The fraction of sp³-hybridized carbons (Fsp3) is 0.650. The van der Waals surface area contributed by atoms with Crippen molar-refractivity contribution in [2.24, 2.45) is 0 Å². The van der Waals surface area contributed by atoms with Gasteiger partial charge < -0.3 is 20.1 Å². The van der Waals surface area contributed by atoms with Crippen LogP contribution in [0.2, 0.25) is 0 Å². The lowest BCUT2D eigenvalue weighted by atomic mass is 9.74. The SMILES string of the molecule is Cc1ccc(C2(CNC(=O)N[C@H]3C[C@H]4CC[C@H]3O4)CCOCC2)cc1. The largest absolute Gasteiger partial charge is 0.381 e. The number of rotatable bonds is 4. The van der Waals surface area contributed by atoms with Gasteiger partial charge in [-0.2, -0.15) is 0 Å². The van der Waals surface area contributed by atoms with E-state index in [1.807, 2.05) is 0 Å². The third-order valence-corrected chi connectivity index (χ3v) is 6.12. The van der Waals surface area contributed by atoms with Gasteiger partial charge in [-0.3, -0.25) is 0 Å². The smallest absolute Gasteiger partial charge is 0.315 e. The van der Waals surface area contributed by atoms with Gasteiger partial charge in [-0.05, 0) is 44.6 Å². The van der Waals surface area contributed by atoms with Crippen LogP contribution in [-0.2, 0) is 14.9 Å². The second-order valence-electron chi connectivity index (χ2n) is 7.80. The quantitative estimate of drug-likeness (QED) is 0.883. The molecule has 5 nitrogen and oxygen atoms in total. The van der Waals surface area contributed by atoms with Crippen LogP contribution in [0.25, 0.3) is 0 Å². The number of urea groups is 1. The molecule has 2 N–H and O–H groups in total. The van der Waals surface area contributed by atoms with E-state index in [4.69, 9.17) is 9.47 Å². The first-order chi connectivity index (χ1) is 12.1. The van der Waals surface area contributed by atoms with Gasteiger partial charge in [0.1, 0.15) is 0 Å². The lowest BCUT2D eigenvalue weighted by Gasteiger charge is -2.38. The molecule has 25 heavy (non-hydrogen) atoms. The molecule has 3 aliphatic rings. The Kier molecular flexibility index (Phi) is 4.69. The Morgan fingerprint density at radius 1 is 1.20 bits per heavy atom. The molecule has 1 aromatic carbocycles. The Morgan fingerprint density at radius 3 is 2.60 bits per heavy atom. The molecule has 3 heterocycles. The summed E-state index contributed by atoms with van der Waals surface area (Å²) < 4.78 is 11.4. The summed E-state index contributed by atoms with van der Waals surface area (Å²) in [5.74, 6) is 0. The molecule has 0 unspecified atom stereocenters. The minimum atomic E-state index is -0.0703. The summed E-state index contributed by atoms with van der Waals surface area (Å²) in [6.07, 6.45) is 5.60. The Hall–Kier alpha value is -1.59. The summed E-state index contributed by atoms with van der Waals surface area (Å²) in [4.78, 5) is 12.4. The number of fused-ring (bicyclic) bond motifs is 2. The number of aryl methyl sites for hydroxylation is 1. The molecule has 3 aliphatic heterocycles. The van der Waals surface area contributed by atoms with Crippen molar-refractivity contribution in [2.45, 2.75) is 62.7 Å². The van der Waals surface area contributed by atoms with E-state index in [9.17, 15) is 4.79 Å². The number of carbonyl (C=O) groups excluding carboxylic acids is 1. The number of amides is 2. The van der Waals surface area contributed by atoms with E-state index >= 15 is 0 Å². The van der Waals surface area contributed by atoms with Gasteiger partial charge in [0.2, 0.25) is 0 Å². The van der Waals surface area contributed by atoms with Crippen molar-refractivity contribution in [3.63, 3.8) is 0 Å². The molecule has 4 rings (SSSR count). The summed E-state index contributed by atoms with van der Waals surface area (Å²) >= 11 is 0. The van der Waals surface area contributed by atoms with E-state index in [-0.39, 0.29) is 23.6 Å². The number of hydrogen-bond acceptors (Lipinski definition) is 3. The molecule has 0 aromatic heterocycles. The van der Waals surface area contributed by atoms with Crippen LogP contribution < -0.4 is 10.6 Å². The maximum atomic E-state index is 12.4. The Balaban J connectivity index is 1.39. The van der Waals surface area contributed by atoms with E-state index in [0.29, 0.717) is 12.6 Å². The summed E-state index contributed by atoms with van der Waals surface area (Å²) in [5.41, 5.74) is 2.52. The molecule has 3 fully saturated rings. The highest BCUT2D eigenvalue weighted by molar-refractivity contribution is 5.74. The molecule has 2 bridgehead atoms. The maximum Gasteiger partial charge on any atom is 0.315 e. The topological polar surface area (TPSA) is 59.6 Å². The standard InChI is InChI=1S/C20H28N2O3/c1-14-2-4-15(5-3-14)20(8-10-24-11-9-20)13-21-19(23)22-17-12-16-6-7-18(17)25-16/h2-5,16-18H,6-13H2,1H3,(H2,21,22,23)/t16-,17+,18-/m1/s1. The highest BCUT2D eigenvalue weighted by atomic mass is 16.5. The average molecular weight is 344 g/mol. The van der Waals surface area contributed by atoms with E-state index in [0.717, 1.165) is 45.3 Å². The Labute approximate surface area is 149 Å². The first-order valence-corrected chi connectivity index (χ1v) is 9.49. The van der Waals surface area contributed by atoms with E-state index in [1.165, 1.54) is 11.1 Å². The van der Waals surface area contributed by atoms with Gasteiger partial charge in [0.15, 0.2) is 0 Å². The number of benzene rings is 1. The van der Waals surface area contributed by atoms with Gasteiger partial charge in [-0.1, -0.05) is 29.8 Å². The lowest BCUT2D eigenvalue weighted by Crippen LogP contribution is -2.51. The van der Waals surface area contributed by atoms with Crippen molar-refractivity contribution in [1.29, 1.82) is 0 Å². The zero-order valence-corrected chi connectivity index (χ0v) is 14.9. The maximum absolute atomic E-state index is 12.4. The molecule has 0 spiro atoms. The summed E-state index contributed by atoms with van der Waals surface area (Å²) in [6, 6.07) is 8.80. The van der Waals surface area contributed by atoms with Crippen molar-refractivity contribution < 1.29 is 14.3 Å². The van der Waals surface area contributed by atoms with E-state index in [2.05, 4.69) is 41.8 Å². The Bertz CT molecular complexity index is 610. The summed E-state index contributed by atoms with van der Waals surface area (Å²) in [7, 11) is 0. The van der Waals surface area contributed by atoms with Gasteiger partial charge in [-0.15, -0.1) is 0 Å². The number of nitrogens with one attached hydrogen (secondary N) is 2. The van der Waals surface area contributed by atoms with Crippen molar-refractivity contribution in [2.75, 3.05) is 19.8 Å². The molecule has 136 valence electrons. The molecule has 3 atom stereocenters. The lowest BCUT2D eigenvalue weighted by molar-refractivity contribution is 0.0506. The van der Waals surface area contributed by atoms with Crippen LogP contribution in [0.15, 0.2) is 24.3 Å². The number of ether oxygens (including phenoxy) is 2. The molecule has 1 aromatic rings. The normalized spacial score (nSPS) is 30.2. The van der Waals surface area contributed by atoms with Crippen LogP contribution in [0.1, 0.15) is 43.2 Å². The fourth-order valence-electron chi connectivity index (χ4n) is 4.50. The zero-order valence-electron chi connectivity index (χ0n) is 14.9. The second-order valence-corrected chi connectivity index (χ2v) is 7.80. The minimum Gasteiger partial charge on any atom is -0.381 e. The van der Waals surface area contributed by atoms with E-state index < -0.39 is 0 Å². The van der Waals surface area contributed by atoms with Crippen LogP contribution in [0, 0.1) is 6.92 Å². The molecular formula is C20H28N2O3. The molecule has 0 saturated carbocycles. The molecule has 5 heteroatoms. The van der Waals surface area contributed by atoms with Gasteiger partial charge in [-0.25, -0.2) is 4.79 Å². The zero-order chi connectivity index (χ0) is 17.3. The summed E-state index contributed by atoms with van der Waals surface area (Å²) in [5, 5.41) is 6.25. The van der Waals surface area contributed by atoms with Crippen LogP contribution in [0.4, 0.5) is 4.79 Å². The summed E-state index contributed by atoms with van der Waals surface area (Å²) in [6.45, 7) is 4.24. The highest BCUT2D eigenvalue weighted by Crippen LogP contribution is 2.35. The van der Waals surface area contributed by atoms with Crippen LogP contribution >= 0.6 is 0 Å². The molecule has 0 radical (unpaired) electrons. The Morgan fingerprint density at radius 2 is 1.96 bits per heavy atom. The third kappa shape index (κ3) is 3.53. The first kappa shape index (κ1) is 16.9. The van der Waals surface area contributed by atoms with Crippen LogP contribution in [0.3, 0.4) is 0 Å². The van der Waals surface area contributed by atoms with Crippen molar-refractivity contribution >= 4 is 6.03 Å². The first-order valence-electron chi connectivity index (χ1n) is 9.49. The predicted molar refractivity (Wildman–Crippen MR) is 95.7 cm³/mol. The molecule has 2 amide bonds. The average Bonchev–Trinajstić information content (AvgIpc) is 3.24. The number of hydrogen-bond donors (Lipinski definition) is 2. The molecule has 0 aliphatic carbocycles. The van der Waals surface area contributed by atoms with Crippen molar-refractivity contribution in [3.05, 3.63) is 35.4 Å². The number of carbonyl (C=O) groups is 1. The van der Waals surface area contributed by atoms with Gasteiger partial charge in [0.05, 0.1) is 18.2 Å². The van der Waals surface area contributed by atoms with Crippen LogP contribution in [-0.4, -0.2) is 44.0 Å². The van der Waals surface area contributed by atoms with Crippen LogP contribution in [0.5, 0.6) is 0 Å². The third-order valence-electron chi connectivity index (χ3n) is 6.12. The predicted octanol–water partition coefficient (Wildman–Crippen LogP) is 2.66. The van der Waals surface area contributed by atoms with Crippen molar-refractivity contribution in [3.8, 4) is 0 Å². The van der Waals surface area contributed by atoms with Gasteiger partial charge >= 0.3 is 6.03 Å². The second kappa shape index (κ2) is 6.96. The molecular weight excluding hydrogens is 316 g/mol. The van der Waals surface area contributed by atoms with Gasteiger partial charge in [0, 0.05) is 25.2 Å². The van der Waals surface area contributed by atoms with Crippen molar-refractivity contribution in [1.82, 2.24) is 10.6 Å². The molecule has 3 saturated heterocycles.